The Hall–Kier alpha value is -2.53. The molecule has 2 aromatic carbocycles. The van der Waals surface area contributed by atoms with Gasteiger partial charge in [-0.2, -0.15) is 0 Å². The van der Waals surface area contributed by atoms with Gasteiger partial charge in [-0.15, -0.1) is 0 Å². The number of methoxy groups -OCH3 is 1. The Bertz CT molecular complexity index is 700. The molecule has 6 heteroatoms. The molecule has 108 valence electrons. The van der Waals surface area contributed by atoms with E-state index < -0.39 is 11.9 Å². The summed E-state index contributed by atoms with van der Waals surface area (Å²) >= 11 is 5.83. The van der Waals surface area contributed by atoms with E-state index >= 15 is 0 Å². The zero-order valence-corrected chi connectivity index (χ0v) is 11.8. The van der Waals surface area contributed by atoms with Gasteiger partial charge in [-0.25, -0.2) is 4.79 Å². The zero-order valence-electron chi connectivity index (χ0n) is 11.1. The van der Waals surface area contributed by atoms with E-state index in [1.165, 1.54) is 31.4 Å². The average Bonchev–Trinajstić information content (AvgIpc) is 2.47. The van der Waals surface area contributed by atoms with Crippen molar-refractivity contribution in [3.05, 3.63) is 58.6 Å². The monoisotopic (exact) mass is 305 g/mol. The quantitative estimate of drug-likeness (QED) is 0.908. The van der Waals surface area contributed by atoms with Gasteiger partial charge in [-0.1, -0.05) is 17.7 Å². The number of ether oxygens (including phenoxy) is 1. The Kier molecular flexibility index (Phi) is 4.45. The van der Waals surface area contributed by atoms with Crippen LogP contribution in [0.3, 0.4) is 0 Å². The number of benzene rings is 2. The maximum absolute atomic E-state index is 12.1. The van der Waals surface area contributed by atoms with Gasteiger partial charge < -0.3 is 15.2 Å². The number of nitrogens with one attached hydrogen (secondary N) is 1. The Labute approximate surface area is 126 Å². The first-order valence-corrected chi connectivity index (χ1v) is 6.37. The van der Waals surface area contributed by atoms with Crippen molar-refractivity contribution in [3.63, 3.8) is 0 Å². The number of hydrogen-bond donors (Lipinski definition) is 2. The van der Waals surface area contributed by atoms with E-state index in [9.17, 15) is 9.59 Å². The highest BCUT2D eigenvalue weighted by Gasteiger charge is 2.13. The largest absolute Gasteiger partial charge is 0.495 e. The summed E-state index contributed by atoms with van der Waals surface area (Å²) in [7, 11) is 1.44. The van der Waals surface area contributed by atoms with Crippen molar-refractivity contribution in [2.75, 3.05) is 12.4 Å². The Balaban J connectivity index is 2.31. The van der Waals surface area contributed by atoms with Gasteiger partial charge in [-0.3, -0.25) is 4.79 Å². The van der Waals surface area contributed by atoms with Crippen LogP contribution in [0.2, 0.25) is 5.02 Å². The third kappa shape index (κ3) is 3.52. The number of carboxylic acids is 1. The summed E-state index contributed by atoms with van der Waals surface area (Å²) in [5, 5.41) is 12.0. The minimum Gasteiger partial charge on any atom is -0.495 e. The molecule has 0 unspecified atom stereocenters. The van der Waals surface area contributed by atoms with Crippen LogP contribution in [-0.4, -0.2) is 24.1 Å². The van der Waals surface area contributed by atoms with Crippen LogP contribution >= 0.6 is 11.6 Å². The molecule has 0 saturated carbocycles. The second kappa shape index (κ2) is 6.28. The van der Waals surface area contributed by atoms with Crippen molar-refractivity contribution in [1.82, 2.24) is 0 Å². The van der Waals surface area contributed by atoms with Crippen LogP contribution in [0.25, 0.3) is 0 Å². The minimum atomic E-state index is -1.09. The van der Waals surface area contributed by atoms with E-state index in [1.807, 2.05) is 0 Å². The van der Waals surface area contributed by atoms with Gasteiger partial charge in [0.05, 0.1) is 18.4 Å². The predicted molar refractivity (Wildman–Crippen MR) is 79.4 cm³/mol. The van der Waals surface area contributed by atoms with Crippen molar-refractivity contribution in [2.24, 2.45) is 0 Å². The van der Waals surface area contributed by atoms with Crippen LogP contribution in [0.4, 0.5) is 5.69 Å². The molecule has 0 aliphatic heterocycles. The average molecular weight is 306 g/mol. The molecule has 1 amide bonds. The molecule has 0 heterocycles. The minimum absolute atomic E-state index is 0.0530. The van der Waals surface area contributed by atoms with Gasteiger partial charge in [-0.05, 0) is 36.4 Å². The smallest absolute Gasteiger partial charge is 0.335 e. The lowest BCUT2D eigenvalue weighted by Crippen LogP contribution is -2.13. The molecule has 0 aromatic heterocycles. The summed E-state index contributed by atoms with van der Waals surface area (Å²) in [6.45, 7) is 0. The number of aromatic carboxylic acids is 1. The molecule has 2 rings (SSSR count). The Morgan fingerprint density at radius 3 is 2.52 bits per heavy atom. The fraction of sp³-hybridized carbons (Fsp3) is 0.0667. The van der Waals surface area contributed by atoms with Crippen molar-refractivity contribution in [2.45, 2.75) is 0 Å². The molecule has 2 N–H and O–H groups in total. The summed E-state index contributed by atoms with van der Waals surface area (Å²) in [4.78, 5) is 23.1. The number of carbonyl (C=O) groups is 2. The molecule has 0 bridgehead atoms. The van der Waals surface area contributed by atoms with Crippen LogP contribution < -0.4 is 10.1 Å². The number of halogens is 1. The predicted octanol–water partition coefficient (Wildman–Crippen LogP) is 3.30. The molecule has 0 aliphatic rings. The molecule has 2 aromatic rings. The lowest BCUT2D eigenvalue weighted by Gasteiger charge is -2.11. The third-order valence-corrected chi connectivity index (χ3v) is 3.02. The summed E-state index contributed by atoms with van der Waals surface area (Å²) in [5.74, 6) is -1.12. The topological polar surface area (TPSA) is 75.6 Å². The van der Waals surface area contributed by atoms with Gasteiger partial charge in [0.2, 0.25) is 0 Å². The number of anilines is 1. The fourth-order valence-corrected chi connectivity index (χ4v) is 1.95. The second-order valence-electron chi connectivity index (χ2n) is 4.18. The highest BCUT2D eigenvalue weighted by molar-refractivity contribution is 6.31. The lowest BCUT2D eigenvalue weighted by molar-refractivity contribution is 0.0696. The molecule has 5 nitrogen and oxygen atoms in total. The van der Waals surface area contributed by atoms with E-state index in [0.717, 1.165) is 0 Å². The SMILES string of the molecule is COc1ccc(C(=O)O)cc1NC(=O)c1cccc(Cl)c1. The van der Waals surface area contributed by atoms with E-state index in [2.05, 4.69) is 5.32 Å². The standard InChI is InChI=1S/C15H12ClNO4/c1-21-13-6-5-10(15(19)20)8-12(13)17-14(18)9-3-2-4-11(16)7-9/h2-8H,1H3,(H,17,18)(H,19,20). The normalized spacial score (nSPS) is 10.0. The summed E-state index contributed by atoms with van der Waals surface area (Å²) in [6.07, 6.45) is 0. The number of rotatable bonds is 4. The molecule has 0 aliphatic carbocycles. The van der Waals surface area contributed by atoms with Crippen molar-refractivity contribution in [1.29, 1.82) is 0 Å². The molecular formula is C15H12ClNO4. The van der Waals surface area contributed by atoms with E-state index in [4.69, 9.17) is 21.4 Å². The van der Waals surface area contributed by atoms with E-state index in [1.54, 1.807) is 18.2 Å². The Morgan fingerprint density at radius 2 is 1.90 bits per heavy atom. The van der Waals surface area contributed by atoms with Gasteiger partial charge in [0, 0.05) is 10.6 Å². The van der Waals surface area contributed by atoms with Crippen LogP contribution in [0.5, 0.6) is 5.75 Å². The first-order valence-electron chi connectivity index (χ1n) is 5.99. The first kappa shape index (κ1) is 14.9. The first-order chi connectivity index (χ1) is 10.0. The van der Waals surface area contributed by atoms with Crippen molar-refractivity contribution < 1.29 is 19.4 Å². The molecule has 0 atom stereocenters. The summed E-state index contributed by atoms with van der Waals surface area (Å²) in [5.41, 5.74) is 0.699. The van der Waals surface area contributed by atoms with Crippen LogP contribution in [0.15, 0.2) is 42.5 Å². The highest BCUT2D eigenvalue weighted by Crippen LogP contribution is 2.26. The van der Waals surface area contributed by atoms with Gasteiger partial charge in [0.25, 0.3) is 5.91 Å². The van der Waals surface area contributed by atoms with Crippen molar-refractivity contribution >= 4 is 29.2 Å². The summed E-state index contributed by atoms with van der Waals surface area (Å²) in [6, 6.07) is 10.7. The van der Waals surface area contributed by atoms with Gasteiger partial charge >= 0.3 is 5.97 Å². The van der Waals surface area contributed by atoms with Crippen LogP contribution in [0.1, 0.15) is 20.7 Å². The lowest BCUT2D eigenvalue weighted by atomic mass is 10.1. The number of hydrogen-bond acceptors (Lipinski definition) is 3. The molecule has 0 fully saturated rings. The second-order valence-corrected chi connectivity index (χ2v) is 4.62. The van der Waals surface area contributed by atoms with E-state index in [0.29, 0.717) is 16.3 Å². The summed E-state index contributed by atoms with van der Waals surface area (Å²) < 4.78 is 5.11. The van der Waals surface area contributed by atoms with Crippen LogP contribution in [0, 0.1) is 0 Å². The molecule has 0 radical (unpaired) electrons. The third-order valence-electron chi connectivity index (χ3n) is 2.78. The van der Waals surface area contributed by atoms with Gasteiger partial charge in [0.15, 0.2) is 0 Å². The number of amides is 1. The van der Waals surface area contributed by atoms with Gasteiger partial charge in [0.1, 0.15) is 5.75 Å². The van der Waals surface area contributed by atoms with Crippen LogP contribution in [-0.2, 0) is 0 Å². The molecule has 0 saturated heterocycles. The zero-order chi connectivity index (χ0) is 15.4. The highest BCUT2D eigenvalue weighted by atomic mass is 35.5. The van der Waals surface area contributed by atoms with E-state index in [-0.39, 0.29) is 11.3 Å². The molecule has 0 spiro atoms. The molecular weight excluding hydrogens is 294 g/mol. The number of carbonyl (C=O) groups excluding carboxylic acids is 1. The fourth-order valence-electron chi connectivity index (χ4n) is 1.76. The maximum atomic E-state index is 12.1. The molecule has 21 heavy (non-hydrogen) atoms. The maximum Gasteiger partial charge on any atom is 0.335 e. The number of carboxylic acid groups (broad SMARTS) is 1. The Morgan fingerprint density at radius 1 is 1.14 bits per heavy atom. The van der Waals surface area contributed by atoms with Crippen molar-refractivity contribution in [3.8, 4) is 5.75 Å².